The minimum Gasteiger partial charge on any atom is -0.452 e. The Morgan fingerprint density at radius 1 is 0.302 bits per heavy atom. The molecule has 0 N–H and O–H groups in total. The van der Waals surface area contributed by atoms with Crippen LogP contribution in [0.3, 0.4) is 0 Å². The zero-order valence-corrected chi connectivity index (χ0v) is 33.9. The Hall–Kier alpha value is -8.61. The van der Waals surface area contributed by atoms with E-state index in [0.29, 0.717) is 17.5 Å². The molecule has 0 bridgehead atoms. The molecule has 0 atom stereocenters. The zero-order chi connectivity index (χ0) is 41.4. The molecule has 0 unspecified atom stereocenters. The quantitative estimate of drug-likeness (QED) is 0.168. The second kappa shape index (κ2) is 14.0. The third kappa shape index (κ3) is 5.48. The van der Waals surface area contributed by atoms with Crippen molar-refractivity contribution in [3.63, 3.8) is 0 Å². The maximum atomic E-state index is 7.34. The van der Waals surface area contributed by atoms with Crippen LogP contribution in [0.2, 0.25) is 0 Å². The number of furan rings is 1. The molecular weight excluding hydrogens is 771 g/mol. The Morgan fingerprint density at radius 2 is 0.714 bits per heavy atom. The van der Waals surface area contributed by atoms with Gasteiger partial charge in [-0.05, 0) is 60.2 Å². The Kier molecular flexibility index (Phi) is 7.80. The lowest BCUT2D eigenvalue weighted by Crippen LogP contribution is -2.00. The number of benzene rings is 9. The highest BCUT2D eigenvalue weighted by atomic mass is 16.3. The molecule has 9 aromatic carbocycles. The van der Waals surface area contributed by atoms with Crippen molar-refractivity contribution in [3.8, 4) is 56.7 Å². The van der Waals surface area contributed by atoms with Crippen LogP contribution in [0.15, 0.2) is 217 Å². The maximum absolute atomic E-state index is 7.34. The maximum Gasteiger partial charge on any atom is 0.164 e. The van der Waals surface area contributed by atoms with E-state index in [-0.39, 0.29) is 0 Å². The average Bonchev–Trinajstić information content (AvgIpc) is 4.03. The topological polar surface area (TPSA) is 61.7 Å². The Morgan fingerprint density at radius 3 is 1.27 bits per heavy atom. The van der Waals surface area contributed by atoms with Crippen LogP contribution in [-0.2, 0) is 0 Å². The third-order valence-electron chi connectivity index (χ3n) is 12.4. The van der Waals surface area contributed by atoms with E-state index in [4.69, 9.17) is 19.4 Å². The largest absolute Gasteiger partial charge is 0.452 e. The van der Waals surface area contributed by atoms with E-state index < -0.39 is 0 Å². The van der Waals surface area contributed by atoms with Gasteiger partial charge in [-0.25, -0.2) is 15.0 Å². The predicted molar refractivity (Wildman–Crippen MR) is 258 cm³/mol. The number of aromatic nitrogens is 5. The molecule has 63 heavy (non-hydrogen) atoms. The molecule has 13 aromatic rings. The summed E-state index contributed by atoms with van der Waals surface area (Å²) in [4.78, 5) is 14.9. The van der Waals surface area contributed by atoms with Gasteiger partial charge in [-0.2, -0.15) is 0 Å². The molecule has 0 saturated carbocycles. The first-order valence-corrected chi connectivity index (χ1v) is 21.2. The average molecular weight is 806 g/mol. The van der Waals surface area contributed by atoms with Gasteiger partial charge in [0.2, 0.25) is 0 Å². The lowest BCUT2D eigenvalue weighted by molar-refractivity contribution is 0.673. The molecule has 0 aliphatic heterocycles. The third-order valence-corrected chi connectivity index (χ3v) is 12.4. The number of fused-ring (bicyclic) bond motifs is 11. The fourth-order valence-electron chi connectivity index (χ4n) is 9.53. The lowest BCUT2D eigenvalue weighted by atomic mass is 10.0. The molecule has 0 aliphatic carbocycles. The van der Waals surface area contributed by atoms with Gasteiger partial charge >= 0.3 is 0 Å². The van der Waals surface area contributed by atoms with Gasteiger partial charge < -0.3 is 13.6 Å². The van der Waals surface area contributed by atoms with Crippen LogP contribution >= 0.6 is 0 Å². The van der Waals surface area contributed by atoms with Gasteiger partial charge in [-0.3, -0.25) is 0 Å². The van der Waals surface area contributed by atoms with Crippen LogP contribution in [0, 0.1) is 0 Å². The van der Waals surface area contributed by atoms with Gasteiger partial charge in [0.25, 0.3) is 0 Å². The number of hydrogen-bond acceptors (Lipinski definition) is 4. The van der Waals surface area contributed by atoms with Crippen molar-refractivity contribution in [1.29, 1.82) is 0 Å². The van der Waals surface area contributed by atoms with Crippen LogP contribution in [0.4, 0.5) is 0 Å². The van der Waals surface area contributed by atoms with E-state index in [9.17, 15) is 0 Å². The normalized spacial score (nSPS) is 11.8. The summed E-state index contributed by atoms with van der Waals surface area (Å²) >= 11 is 0. The molecule has 0 saturated heterocycles. The first kappa shape index (κ1) is 35.2. The van der Waals surface area contributed by atoms with E-state index in [1.165, 1.54) is 5.39 Å². The van der Waals surface area contributed by atoms with Crippen LogP contribution in [0.1, 0.15) is 0 Å². The minimum atomic E-state index is 0.615. The summed E-state index contributed by atoms with van der Waals surface area (Å²) < 4.78 is 12.1. The number of rotatable bonds is 6. The summed E-state index contributed by atoms with van der Waals surface area (Å²) in [5.74, 6) is 1.88. The van der Waals surface area contributed by atoms with E-state index >= 15 is 0 Å². The standard InChI is InChI=1S/C57H35N5O/c1-4-16-36(17-5-1)41-22-10-13-25-48(41)62-50-27-15-12-24-43(50)45-33-35-47-46-34-32-44-42-23-11-14-26-49(42)61(51(44)53(46)63-54(47)52(45)62)40-30-28-39(29-31-40)57-59-55(37-18-6-2-7-19-37)58-56(60-57)38-20-8-3-9-21-38/h1-35H. The number of para-hydroxylation sites is 3. The highest BCUT2D eigenvalue weighted by molar-refractivity contribution is 6.26. The smallest absolute Gasteiger partial charge is 0.164 e. The van der Waals surface area contributed by atoms with Crippen molar-refractivity contribution in [2.24, 2.45) is 0 Å². The minimum absolute atomic E-state index is 0.615. The Bertz CT molecular complexity index is 3830. The summed E-state index contributed by atoms with van der Waals surface area (Å²) in [6.07, 6.45) is 0. The summed E-state index contributed by atoms with van der Waals surface area (Å²) in [6, 6.07) is 74.3. The second-order valence-corrected chi connectivity index (χ2v) is 16.0. The van der Waals surface area contributed by atoms with Crippen LogP contribution in [0.25, 0.3) is 122 Å². The lowest BCUT2D eigenvalue weighted by Gasteiger charge is -2.14. The zero-order valence-electron chi connectivity index (χ0n) is 33.9. The molecule has 294 valence electrons. The van der Waals surface area contributed by atoms with E-state index in [1.807, 2.05) is 60.7 Å². The SMILES string of the molecule is c1ccc(-c2nc(-c3ccccc3)nc(-c3ccc(-n4c5ccccc5c5ccc6c7ccc8c9ccccc9n(-c9ccccc9-c9ccccc9)c8c7oc6c54)cc3)n2)cc1. The fraction of sp³-hybridized carbons (Fsp3) is 0. The van der Waals surface area contributed by atoms with E-state index in [0.717, 1.165) is 99.4 Å². The summed E-state index contributed by atoms with van der Waals surface area (Å²) in [5.41, 5.74) is 13.2. The molecule has 6 nitrogen and oxygen atoms in total. The van der Waals surface area contributed by atoms with Gasteiger partial charge in [0, 0.05) is 60.3 Å². The summed E-state index contributed by atoms with van der Waals surface area (Å²) in [6.45, 7) is 0. The molecule has 13 rings (SSSR count). The number of hydrogen-bond donors (Lipinski definition) is 0. The molecule has 0 fully saturated rings. The van der Waals surface area contributed by atoms with Crippen molar-refractivity contribution < 1.29 is 4.42 Å². The first-order valence-electron chi connectivity index (χ1n) is 21.2. The van der Waals surface area contributed by atoms with Crippen molar-refractivity contribution in [1.82, 2.24) is 24.1 Å². The van der Waals surface area contributed by atoms with Crippen molar-refractivity contribution in [2.75, 3.05) is 0 Å². The van der Waals surface area contributed by atoms with E-state index in [1.54, 1.807) is 0 Å². The van der Waals surface area contributed by atoms with Crippen LogP contribution in [-0.4, -0.2) is 24.1 Å². The van der Waals surface area contributed by atoms with Crippen LogP contribution < -0.4 is 0 Å². The van der Waals surface area contributed by atoms with Gasteiger partial charge in [0.1, 0.15) is 0 Å². The molecule has 4 heterocycles. The molecule has 0 aliphatic rings. The Balaban J connectivity index is 1.04. The summed E-state index contributed by atoms with van der Waals surface area (Å²) in [5, 5.41) is 6.77. The number of nitrogens with zero attached hydrogens (tertiary/aromatic N) is 5. The van der Waals surface area contributed by atoms with E-state index in [2.05, 4.69) is 161 Å². The first-order chi connectivity index (χ1) is 31.3. The molecule has 0 spiro atoms. The van der Waals surface area contributed by atoms with Gasteiger partial charge in [-0.1, -0.05) is 158 Å². The molecule has 0 amide bonds. The molecule has 0 radical (unpaired) electrons. The van der Waals surface area contributed by atoms with Gasteiger partial charge in [0.15, 0.2) is 28.6 Å². The summed E-state index contributed by atoms with van der Waals surface area (Å²) in [7, 11) is 0. The molecule has 6 heteroatoms. The second-order valence-electron chi connectivity index (χ2n) is 16.0. The van der Waals surface area contributed by atoms with Gasteiger partial charge in [0.05, 0.1) is 27.8 Å². The van der Waals surface area contributed by atoms with Gasteiger partial charge in [-0.15, -0.1) is 0 Å². The molecule has 4 aromatic heterocycles. The Labute approximate surface area is 361 Å². The van der Waals surface area contributed by atoms with Crippen LogP contribution in [0.5, 0.6) is 0 Å². The predicted octanol–water partition coefficient (Wildman–Crippen LogP) is 14.6. The highest BCUT2D eigenvalue weighted by Crippen LogP contribution is 2.45. The molecular formula is C57H35N5O. The fourth-order valence-corrected chi connectivity index (χ4v) is 9.53. The van der Waals surface area contributed by atoms with Crippen molar-refractivity contribution in [2.45, 2.75) is 0 Å². The highest BCUT2D eigenvalue weighted by Gasteiger charge is 2.24. The van der Waals surface area contributed by atoms with Crippen molar-refractivity contribution >= 4 is 65.6 Å². The van der Waals surface area contributed by atoms with Crippen molar-refractivity contribution in [3.05, 3.63) is 212 Å². The monoisotopic (exact) mass is 805 g/mol.